The minimum atomic E-state index is -0.904. The van der Waals surface area contributed by atoms with Crippen molar-refractivity contribution in [1.29, 1.82) is 0 Å². The van der Waals surface area contributed by atoms with E-state index in [0.29, 0.717) is 28.9 Å². The number of esters is 1. The lowest BCUT2D eigenvalue weighted by Crippen LogP contribution is -2.39. The van der Waals surface area contributed by atoms with E-state index in [1.807, 2.05) is 18.2 Å². The van der Waals surface area contributed by atoms with E-state index in [9.17, 15) is 9.59 Å². The summed E-state index contributed by atoms with van der Waals surface area (Å²) in [6.45, 7) is 2.36. The minimum Gasteiger partial charge on any atom is -0.477 e. The summed E-state index contributed by atoms with van der Waals surface area (Å²) in [4.78, 5) is 26.2. The van der Waals surface area contributed by atoms with Crippen LogP contribution >= 0.6 is 23.2 Å². The number of hydrogen-bond donors (Lipinski definition) is 0. The molecule has 0 saturated carbocycles. The van der Waals surface area contributed by atoms with E-state index < -0.39 is 12.1 Å². The topological polar surface area (TPSA) is 55.8 Å². The molecule has 2 aromatic carbocycles. The molecule has 27 heavy (non-hydrogen) atoms. The molecular weight excluding hydrogens is 389 g/mol. The molecule has 0 spiro atoms. The molecule has 0 fully saturated rings. The van der Waals surface area contributed by atoms with Gasteiger partial charge >= 0.3 is 5.97 Å². The minimum absolute atomic E-state index is 0.227. The van der Waals surface area contributed by atoms with E-state index in [1.165, 1.54) is 18.6 Å². The number of amides is 1. The van der Waals surface area contributed by atoms with Crippen molar-refractivity contribution < 1.29 is 19.1 Å². The van der Waals surface area contributed by atoms with Crippen molar-refractivity contribution >= 4 is 35.1 Å². The van der Waals surface area contributed by atoms with Gasteiger partial charge in [-0.25, -0.2) is 4.79 Å². The molecule has 5 nitrogen and oxygen atoms in total. The van der Waals surface area contributed by atoms with Crippen molar-refractivity contribution in [3.05, 3.63) is 63.6 Å². The SMILES string of the molecule is C[C@@H](Oc1ccc(Cl)cc1Cl)C(=O)OCC(=O)N1CCc2ccccc2C1. The van der Waals surface area contributed by atoms with Gasteiger partial charge in [0.1, 0.15) is 5.75 Å². The van der Waals surface area contributed by atoms with Crippen LogP contribution in [-0.4, -0.2) is 36.0 Å². The first kappa shape index (κ1) is 19.5. The van der Waals surface area contributed by atoms with Gasteiger partial charge < -0.3 is 14.4 Å². The molecule has 3 rings (SSSR count). The average molecular weight is 408 g/mol. The van der Waals surface area contributed by atoms with Gasteiger partial charge in [-0.1, -0.05) is 47.5 Å². The molecule has 142 valence electrons. The number of carbonyl (C=O) groups excluding carboxylic acids is 2. The van der Waals surface area contributed by atoms with Gasteiger partial charge in [-0.2, -0.15) is 0 Å². The maximum atomic E-state index is 12.4. The largest absolute Gasteiger partial charge is 0.477 e. The van der Waals surface area contributed by atoms with Gasteiger partial charge in [0.2, 0.25) is 0 Å². The zero-order chi connectivity index (χ0) is 19.4. The third-order valence-corrected chi connectivity index (χ3v) is 4.88. The molecule has 1 atom stereocenters. The fourth-order valence-corrected chi connectivity index (χ4v) is 3.31. The summed E-state index contributed by atoms with van der Waals surface area (Å²) in [6.07, 6.45) is -0.108. The Morgan fingerprint density at radius 3 is 2.63 bits per heavy atom. The highest BCUT2D eigenvalue weighted by molar-refractivity contribution is 6.35. The second-order valence-corrected chi connectivity index (χ2v) is 7.12. The van der Waals surface area contributed by atoms with Crippen molar-refractivity contribution in [2.24, 2.45) is 0 Å². The van der Waals surface area contributed by atoms with Crippen LogP contribution in [0.15, 0.2) is 42.5 Å². The Labute approximate surface area is 167 Å². The first-order chi connectivity index (χ1) is 12.9. The summed E-state index contributed by atoms with van der Waals surface area (Å²) >= 11 is 11.9. The van der Waals surface area contributed by atoms with Crippen molar-refractivity contribution in [1.82, 2.24) is 4.90 Å². The molecule has 1 aliphatic rings. The Morgan fingerprint density at radius 2 is 1.89 bits per heavy atom. The Kier molecular flexibility index (Phi) is 6.24. The highest BCUT2D eigenvalue weighted by atomic mass is 35.5. The lowest BCUT2D eigenvalue weighted by Gasteiger charge is -2.28. The Morgan fingerprint density at radius 1 is 1.15 bits per heavy atom. The predicted octanol–water partition coefficient (Wildman–Crippen LogP) is 3.89. The maximum Gasteiger partial charge on any atom is 0.347 e. The number of rotatable bonds is 5. The molecule has 0 aromatic heterocycles. The summed E-state index contributed by atoms with van der Waals surface area (Å²) < 4.78 is 10.6. The molecule has 0 bridgehead atoms. The van der Waals surface area contributed by atoms with Gasteiger partial charge in [-0.15, -0.1) is 0 Å². The summed E-state index contributed by atoms with van der Waals surface area (Å²) in [5.74, 6) is -0.536. The predicted molar refractivity (Wildman–Crippen MR) is 103 cm³/mol. The molecule has 7 heteroatoms. The van der Waals surface area contributed by atoms with Crippen molar-refractivity contribution in [2.45, 2.75) is 26.0 Å². The number of nitrogens with zero attached hydrogens (tertiary/aromatic N) is 1. The Balaban J connectivity index is 1.50. The third kappa shape index (κ3) is 4.93. The summed E-state index contributed by atoms with van der Waals surface area (Å²) in [5.41, 5.74) is 2.37. The van der Waals surface area contributed by atoms with Crippen LogP contribution in [0, 0.1) is 0 Å². The molecular formula is C20H19Cl2NO4. The highest BCUT2D eigenvalue weighted by Gasteiger charge is 2.23. The molecule has 0 N–H and O–H groups in total. The van der Waals surface area contributed by atoms with Crippen LogP contribution in [0.3, 0.4) is 0 Å². The Bertz CT molecular complexity index is 856. The van der Waals surface area contributed by atoms with E-state index >= 15 is 0 Å². The van der Waals surface area contributed by atoms with Crippen molar-refractivity contribution in [3.63, 3.8) is 0 Å². The monoisotopic (exact) mass is 407 g/mol. The third-order valence-electron chi connectivity index (χ3n) is 4.35. The van der Waals surface area contributed by atoms with Gasteiger partial charge in [0.25, 0.3) is 5.91 Å². The van der Waals surface area contributed by atoms with E-state index in [4.69, 9.17) is 32.7 Å². The fraction of sp³-hybridized carbons (Fsp3) is 0.300. The summed E-state index contributed by atoms with van der Waals surface area (Å²) in [5, 5.41) is 0.765. The van der Waals surface area contributed by atoms with Gasteiger partial charge in [-0.3, -0.25) is 4.79 Å². The lowest BCUT2D eigenvalue weighted by atomic mass is 10.00. The van der Waals surface area contributed by atoms with Gasteiger partial charge in [0.15, 0.2) is 12.7 Å². The van der Waals surface area contributed by atoms with Crippen LogP contribution in [0.25, 0.3) is 0 Å². The molecule has 0 radical (unpaired) electrons. The van der Waals surface area contributed by atoms with Gasteiger partial charge in [-0.05, 0) is 42.7 Å². The molecule has 2 aromatic rings. The van der Waals surface area contributed by atoms with Crippen LogP contribution in [0.2, 0.25) is 10.0 Å². The first-order valence-electron chi connectivity index (χ1n) is 8.57. The number of benzene rings is 2. The standard InChI is InChI=1S/C20H19Cl2NO4/c1-13(27-18-7-6-16(21)10-17(18)22)20(25)26-12-19(24)23-9-8-14-4-2-3-5-15(14)11-23/h2-7,10,13H,8-9,11-12H2,1H3/t13-/m1/s1. The zero-order valence-electron chi connectivity index (χ0n) is 14.8. The number of ether oxygens (including phenoxy) is 2. The van der Waals surface area contributed by atoms with E-state index in [-0.39, 0.29) is 12.5 Å². The molecule has 0 aliphatic carbocycles. The Hall–Kier alpha value is -2.24. The molecule has 1 aliphatic heterocycles. The van der Waals surface area contributed by atoms with Crippen LogP contribution in [0.4, 0.5) is 0 Å². The number of fused-ring (bicyclic) bond motifs is 1. The number of hydrogen-bond acceptors (Lipinski definition) is 4. The van der Waals surface area contributed by atoms with Crippen molar-refractivity contribution in [2.75, 3.05) is 13.2 Å². The lowest BCUT2D eigenvalue weighted by molar-refractivity contribution is -0.157. The summed E-state index contributed by atoms with van der Waals surface area (Å²) in [7, 11) is 0. The zero-order valence-corrected chi connectivity index (χ0v) is 16.3. The van der Waals surface area contributed by atoms with Gasteiger partial charge in [0.05, 0.1) is 5.02 Å². The molecule has 0 saturated heterocycles. The number of halogens is 2. The molecule has 1 heterocycles. The molecule has 1 amide bonds. The highest BCUT2D eigenvalue weighted by Crippen LogP contribution is 2.28. The van der Waals surface area contributed by atoms with Crippen LogP contribution in [0.5, 0.6) is 5.75 Å². The van der Waals surface area contributed by atoms with Crippen LogP contribution in [-0.2, 0) is 27.3 Å². The fourth-order valence-electron chi connectivity index (χ4n) is 2.86. The van der Waals surface area contributed by atoms with E-state index in [0.717, 1.165) is 12.0 Å². The maximum absolute atomic E-state index is 12.4. The molecule has 0 unspecified atom stereocenters. The second-order valence-electron chi connectivity index (χ2n) is 6.28. The first-order valence-corrected chi connectivity index (χ1v) is 9.32. The van der Waals surface area contributed by atoms with Gasteiger partial charge in [0, 0.05) is 18.1 Å². The normalized spacial score (nSPS) is 14.3. The second kappa shape index (κ2) is 8.63. The van der Waals surface area contributed by atoms with E-state index in [1.54, 1.807) is 17.0 Å². The van der Waals surface area contributed by atoms with E-state index in [2.05, 4.69) is 6.07 Å². The number of carbonyl (C=O) groups is 2. The average Bonchev–Trinajstić information content (AvgIpc) is 2.67. The smallest absolute Gasteiger partial charge is 0.347 e. The quantitative estimate of drug-likeness (QED) is 0.705. The summed E-state index contributed by atoms with van der Waals surface area (Å²) in [6, 6.07) is 12.7. The van der Waals surface area contributed by atoms with Crippen LogP contribution < -0.4 is 4.74 Å². The van der Waals surface area contributed by atoms with Crippen LogP contribution in [0.1, 0.15) is 18.1 Å². The van der Waals surface area contributed by atoms with Crippen molar-refractivity contribution in [3.8, 4) is 5.75 Å².